The van der Waals surface area contributed by atoms with Gasteiger partial charge in [0.05, 0.1) is 108 Å². The molecular weight excluding hydrogens is 1940 g/mol. The molecule has 734 valence electrons. The Morgan fingerprint density at radius 2 is 0.761 bits per heavy atom. The fourth-order valence-electron chi connectivity index (χ4n) is 13.0. The molecule has 5 aromatic heterocycles. The largest absolute Gasteiger partial charge is 0.489 e. The summed E-state index contributed by atoms with van der Waals surface area (Å²) in [6.45, 7) is 26.7. The highest BCUT2D eigenvalue weighted by Gasteiger charge is 2.29. The van der Waals surface area contributed by atoms with Crippen LogP contribution in [0.15, 0.2) is 228 Å². The van der Waals surface area contributed by atoms with E-state index < -0.39 is 94.0 Å². The van der Waals surface area contributed by atoms with Crippen molar-refractivity contribution < 1.29 is 118 Å². The third-order valence-corrected chi connectivity index (χ3v) is 20.3. The number of aromatic amines is 1. The van der Waals surface area contributed by atoms with Crippen molar-refractivity contribution >= 4 is 121 Å². The third-order valence-electron chi connectivity index (χ3n) is 19.1. The van der Waals surface area contributed by atoms with Gasteiger partial charge < -0.3 is 71.2 Å². The van der Waals surface area contributed by atoms with Crippen LogP contribution in [0.4, 0.5) is 17.6 Å². The van der Waals surface area contributed by atoms with E-state index in [0.717, 1.165) is 44.5 Å². The zero-order chi connectivity index (χ0) is 102. The Kier molecular flexibility index (Phi) is 45.5. The number of esters is 8. The summed E-state index contributed by atoms with van der Waals surface area (Å²) in [5.74, 6) is -6.96. The number of carbonyl (C=O) groups excluding carboxylic acids is 11. The first kappa shape index (κ1) is 115. The average Bonchev–Trinajstić information content (AvgIpc) is 1.34. The smallest absolute Gasteiger partial charge is 0.465 e. The summed E-state index contributed by atoms with van der Waals surface area (Å²) in [4.78, 5) is 133. The SMILES string of the molecule is C.CC(C)(C)OC(=O)c1ccccc1B(O)O.CCCn1cc(C(=O)OC)cc1C(=O)c1ccc(-c2ccccc2C(=O)OC(C)(C)C)cc1F.CCCn1cc(C(=O)OC)cc1C(=O)c1ccc(Br)cc1F.CCCn1cc(C(=O)OC)cc1Cc1ccc(-c2ccccc2C(=O)OC(C)(C)C)cc1F.CCCn1ccc(C(=O)OC)c1.COC(=O)c1cc[nH]c1.O=C(Cl)c1ccc(Br)cc1F. The molecule has 5 heterocycles. The minimum absolute atomic E-state index is 0. The van der Waals surface area contributed by atoms with E-state index >= 15 is 8.78 Å². The summed E-state index contributed by atoms with van der Waals surface area (Å²) in [6, 6.07) is 45.6. The standard InChI is InChI=1S/C27H28FNO5.C27H30FNO4.C16H15BrFNO3.C11H15BO4.C9H13NO2.C7H3BrClFO.C6H7NO2.CH4/c1-6-13-29-16-18(25(31)33-5)15-23(29)24(30)21-12-11-17(14-22(21)28)19-9-7-8-10-20(19)26(32)34-27(2,3)4;1-6-13-29-17-20(25(30)32-5)15-21(29)14-19-12-11-18(16-24(19)28)22-9-7-8-10-23(22)26(31)33-27(2,3)4;1-3-6-19-9-10(16(21)22-2)7-14(19)15(20)12-5-4-11(17)8-13(12)18;1-11(2,3)16-10(13)8-6-4-5-7-9(8)12(14)15;1-3-5-10-6-4-8(7-10)9(11)12-2;8-4-1-2-5(7(9)11)6(10)3-4;1-9-6(8)5-2-3-7-4-5;/h7-12,14-16H,6,13H2,1-5H3;7-12,15-17H,6,13-14H2,1-5H3;4-5,7-9H,3,6H2,1-2H3;4-7,14-15H,1-3H3;4,6-7H,3,5H2,1-2H3;1-3H;2-4,7H,1H3;1H4. The number of aryl methyl sites for hydroxylation is 4. The summed E-state index contributed by atoms with van der Waals surface area (Å²) >= 11 is 11.3. The highest BCUT2D eigenvalue weighted by molar-refractivity contribution is 9.10. The van der Waals surface area contributed by atoms with Crippen LogP contribution in [-0.4, -0.2) is 157 Å². The first-order valence-corrected chi connectivity index (χ1v) is 45.1. The van der Waals surface area contributed by atoms with Gasteiger partial charge in [-0.05, 0) is 236 Å². The number of halogens is 7. The summed E-state index contributed by atoms with van der Waals surface area (Å²) in [6.07, 6.45) is 15.6. The van der Waals surface area contributed by atoms with Crippen LogP contribution in [0.2, 0.25) is 0 Å². The maximum absolute atomic E-state index is 15.2. The lowest BCUT2D eigenvalue weighted by Gasteiger charge is -2.20. The number of aromatic nitrogens is 5. The average molecular weight is 2050 g/mol. The molecule has 0 saturated heterocycles. The molecule has 0 aliphatic rings. The van der Waals surface area contributed by atoms with Gasteiger partial charge in [0.25, 0.3) is 5.24 Å². The monoisotopic (exact) mass is 2050 g/mol. The van der Waals surface area contributed by atoms with Gasteiger partial charge in [-0.25, -0.2) is 55.9 Å². The van der Waals surface area contributed by atoms with Gasteiger partial charge in [0.15, 0.2) is 0 Å². The first-order chi connectivity index (χ1) is 64.7. The molecule has 26 nitrogen and oxygen atoms in total. The molecule has 138 heavy (non-hydrogen) atoms. The van der Waals surface area contributed by atoms with Gasteiger partial charge in [0, 0.05) is 90.6 Å². The molecule has 34 heteroatoms. The molecule has 0 atom stereocenters. The summed E-state index contributed by atoms with van der Waals surface area (Å²) in [5, 5.41) is 17.4. The molecule has 0 aliphatic heterocycles. The van der Waals surface area contributed by atoms with Crippen LogP contribution in [0.5, 0.6) is 0 Å². The van der Waals surface area contributed by atoms with Crippen molar-refractivity contribution in [3.8, 4) is 22.3 Å². The molecule has 0 spiro atoms. The Morgan fingerprint density at radius 3 is 1.16 bits per heavy atom. The van der Waals surface area contributed by atoms with E-state index in [9.17, 15) is 61.5 Å². The highest BCUT2D eigenvalue weighted by Crippen LogP contribution is 2.33. The normalized spacial score (nSPS) is 10.7. The molecule has 3 N–H and O–H groups in total. The Balaban J connectivity index is 0.000000298. The van der Waals surface area contributed by atoms with Crippen LogP contribution in [-0.2, 0) is 70.5 Å². The van der Waals surface area contributed by atoms with Gasteiger partial charge >= 0.3 is 54.9 Å². The Bertz CT molecular complexity index is 6200. The Morgan fingerprint density at radius 1 is 0.391 bits per heavy atom. The molecular formula is C104H115BBr2ClF4N5O21. The highest BCUT2D eigenvalue weighted by atomic mass is 79.9. The lowest BCUT2D eigenvalue weighted by Crippen LogP contribution is -2.36. The van der Waals surface area contributed by atoms with Gasteiger partial charge in [-0.2, -0.15) is 0 Å². The third kappa shape index (κ3) is 34.7. The molecule has 0 bridgehead atoms. The number of nitrogens with zero attached hydrogens (tertiary/aromatic N) is 4. The van der Waals surface area contributed by atoms with E-state index in [-0.39, 0.29) is 75.4 Å². The van der Waals surface area contributed by atoms with Crippen molar-refractivity contribution in [2.75, 3.05) is 35.5 Å². The molecule has 0 saturated carbocycles. The Labute approximate surface area is 822 Å². The number of methoxy groups -OCH3 is 5. The van der Waals surface area contributed by atoms with Crippen molar-refractivity contribution in [3.05, 3.63) is 335 Å². The fraction of sp³-hybridized carbons (Fsp3) is 0.298. The number of ketones is 2. The van der Waals surface area contributed by atoms with Crippen LogP contribution in [0, 0.1) is 23.3 Å². The molecule has 12 aromatic rings. The second-order valence-electron chi connectivity index (χ2n) is 33.1. The fourth-order valence-corrected chi connectivity index (χ4v) is 13.8. The van der Waals surface area contributed by atoms with E-state index in [4.69, 9.17) is 45.3 Å². The van der Waals surface area contributed by atoms with E-state index in [1.165, 1.54) is 108 Å². The molecule has 12 rings (SSSR count). The second-order valence-corrected chi connectivity index (χ2v) is 35.3. The molecule has 0 radical (unpaired) electrons. The van der Waals surface area contributed by atoms with Crippen LogP contribution < -0.4 is 5.46 Å². The number of H-pyrrole nitrogens is 1. The number of benzene rings is 7. The van der Waals surface area contributed by atoms with Crippen LogP contribution >= 0.6 is 43.5 Å². The van der Waals surface area contributed by atoms with Gasteiger partial charge in [0.2, 0.25) is 11.6 Å². The predicted octanol–water partition coefficient (Wildman–Crippen LogP) is 21.9. The van der Waals surface area contributed by atoms with Crippen LogP contribution in [0.25, 0.3) is 22.3 Å². The molecule has 0 aliphatic carbocycles. The van der Waals surface area contributed by atoms with Gasteiger partial charge in [-0.3, -0.25) is 14.4 Å². The Hall–Kier alpha value is -13.3. The lowest BCUT2D eigenvalue weighted by molar-refractivity contribution is 0.00578. The quantitative estimate of drug-likeness (QED) is 0.0113. The zero-order valence-electron chi connectivity index (χ0n) is 79.3. The van der Waals surface area contributed by atoms with Crippen molar-refractivity contribution in [1.82, 2.24) is 23.3 Å². The van der Waals surface area contributed by atoms with Gasteiger partial charge in [-0.15, -0.1) is 0 Å². The van der Waals surface area contributed by atoms with Crippen LogP contribution in [0.1, 0.15) is 260 Å². The van der Waals surface area contributed by atoms with Crippen molar-refractivity contribution in [2.45, 2.75) is 173 Å². The van der Waals surface area contributed by atoms with Crippen LogP contribution in [0.3, 0.4) is 0 Å². The second kappa shape index (κ2) is 54.6. The van der Waals surface area contributed by atoms with E-state index in [1.54, 1.807) is 191 Å². The summed E-state index contributed by atoms with van der Waals surface area (Å²) < 4.78 is 105. The van der Waals surface area contributed by atoms with Crippen molar-refractivity contribution in [1.29, 1.82) is 0 Å². The number of carbonyl (C=O) groups is 11. The number of hydrogen-bond acceptors (Lipinski definition) is 21. The van der Waals surface area contributed by atoms with E-state index in [0.29, 0.717) is 84.1 Å². The molecule has 0 fully saturated rings. The maximum atomic E-state index is 15.2. The predicted molar refractivity (Wildman–Crippen MR) is 527 cm³/mol. The number of ether oxygens (including phenoxy) is 8. The number of hydrogen-bond donors (Lipinski definition) is 3. The molecule has 7 aromatic carbocycles. The van der Waals surface area contributed by atoms with Crippen molar-refractivity contribution in [3.63, 3.8) is 0 Å². The molecule has 0 unspecified atom stereocenters. The van der Waals surface area contributed by atoms with Gasteiger partial charge in [0.1, 0.15) is 40.1 Å². The topological polar surface area (TPSA) is 338 Å². The van der Waals surface area contributed by atoms with E-state index in [1.807, 2.05) is 56.9 Å². The maximum Gasteiger partial charge on any atom is 0.489 e. The zero-order valence-corrected chi connectivity index (χ0v) is 83.2. The number of nitrogens with one attached hydrogen (secondary N) is 1. The number of rotatable bonds is 26. The minimum Gasteiger partial charge on any atom is -0.465 e. The minimum atomic E-state index is -1.68. The van der Waals surface area contributed by atoms with E-state index in [2.05, 4.69) is 58.0 Å². The summed E-state index contributed by atoms with van der Waals surface area (Å²) in [7, 11) is 4.94. The van der Waals surface area contributed by atoms with Gasteiger partial charge in [-0.1, -0.05) is 140 Å². The van der Waals surface area contributed by atoms with Crippen molar-refractivity contribution in [2.24, 2.45) is 0 Å². The summed E-state index contributed by atoms with van der Waals surface area (Å²) in [5.41, 5.74) is 4.89. The lowest BCUT2D eigenvalue weighted by atomic mass is 9.77. The molecule has 0 amide bonds. The first-order valence-electron chi connectivity index (χ1n) is 43.1.